The van der Waals surface area contributed by atoms with Crippen LogP contribution in [-0.4, -0.2) is 22.2 Å². The Morgan fingerprint density at radius 1 is 1.28 bits per heavy atom. The number of para-hydroxylation sites is 1. The summed E-state index contributed by atoms with van der Waals surface area (Å²) in [7, 11) is 0. The molecule has 7 nitrogen and oxygen atoms in total. The number of nitro groups is 1. The SMILES string of the molecule is CCCCCC(CC)NC(N)=O.O=C(Cl)Cc1ccccc1[N+](=O)[O-]. The summed E-state index contributed by atoms with van der Waals surface area (Å²) in [5, 5.41) is 12.6. The van der Waals surface area contributed by atoms with E-state index in [1.165, 1.54) is 31.4 Å². The molecular weight excluding hydrogens is 346 g/mol. The summed E-state index contributed by atoms with van der Waals surface area (Å²) in [5.41, 5.74) is 5.29. The second kappa shape index (κ2) is 13.2. The Balaban J connectivity index is 0.000000463. The van der Waals surface area contributed by atoms with Gasteiger partial charge < -0.3 is 11.1 Å². The van der Waals surface area contributed by atoms with Crippen LogP contribution in [0.5, 0.6) is 0 Å². The van der Waals surface area contributed by atoms with Crippen molar-refractivity contribution >= 4 is 28.6 Å². The minimum absolute atomic E-state index is 0.0727. The van der Waals surface area contributed by atoms with Gasteiger partial charge in [0, 0.05) is 17.7 Å². The van der Waals surface area contributed by atoms with Crippen molar-refractivity contribution in [1.82, 2.24) is 5.32 Å². The van der Waals surface area contributed by atoms with E-state index in [4.69, 9.17) is 17.3 Å². The number of carbonyl (C=O) groups is 2. The zero-order valence-corrected chi connectivity index (χ0v) is 15.4. The zero-order chi connectivity index (χ0) is 19.2. The van der Waals surface area contributed by atoms with Crippen LogP contribution in [0.2, 0.25) is 0 Å². The highest BCUT2D eigenvalue weighted by Gasteiger charge is 2.13. The number of amides is 2. The van der Waals surface area contributed by atoms with E-state index in [0.717, 1.165) is 12.8 Å². The Kier molecular flexibility index (Phi) is 12.0. The summed E-state index contributed by atoms with van der Waals surface area (Å²) >= 11 is 5.13. The fraction of sp³-hybridized carbons (Fsp3) is 0.529. The van der Waals surface area contributed by atoms with Crippen molar-refractivity contribution < 1.29 is 14.5 Å². The van der Waals surface area contributed by atoms with Crippen LogP contribution in [-0.2, 0) is 11.2 Å². The van der Waals surface area contributed by atoms with Crippen molar-refractivity contribution in [1.29, 1.82) is 0 Å². The van der Waals surface area contributed by atoms with Crippen LogP contribution in [0.25, 0.3) is 0 Å². The molecule has 1 atom stereocenters. The van der Waals surface area contributed by atoms with Gasteiger partial charge in [-0.2, -0.15) is 0 Å². The van der Waals surface area contributed by atoms with E-state index in [1.54, 1.807) is 12.1 Å². The summed E-state index contributed by atoms with van der Waals surface area (Å²) in [5.74, 6) is 0. The third-order valence-electron chi connectivity index (χ3n) is 3.51. The Morgan fingerprint density at radius 3 is 2.40 bits per heavy atom. The van der Waals surface area contributed by atoms with Crippen molar-refractivity contribution in [3.8, 4) is 0 Å². The fourth-order valence-electron chi connectivity index (χ4n) is 2.21. The molecule has 0 aromatic heterocycles. The average Bonchev–Trinajstić information content (AvgIpc) is 2.54. The topological polar surface area (TPSA) is 115 Å². The number of hydrogen-bond acceptors (Lipinski definition) is 4. The van der Waals surface area contributed by atoms with Crippen molar-refractivity contribution in [2.45, 2.75) is 58.4 Å². The first-order valence-electron chi connectivity index (χ1n) is 8.28. The minimum Gasteiger partial charge on any atom is -0.352 e. The van der Waals surface area contributed by atoms with Gasteiger partial charge in [-0.05, 0) is 24.4 Å². The molecule has 0 saturated heterocycles. The maximum atomic E-state index is 10.5. The quantitative estimate of drug-likeness (QED) is 0.296. The maximum Gasteiger partial charge on any atom is 0.312 e. The predicted molar refractivity (Wildman–Crippen MR) is 98.6 cm³/mol. The summed E-state index contributed by atoms with van der Waals surface area (Å²) in [6.07, 6.45) is 5.53. The highest BCUT2D eigenvalue weighted by Crippen LogP contribution is 2.18. The number of carbonyl (C=O) groups excluding carboxylic acids is 2. The monoisotopic (exact) mass is 371 g/mol. The number of rotatable bonds is 9. The second-order valence-electron chi connectivity index (χ2n) is 5.53. The molecule has 1 aromatic rings. The lowest BCUT2D eigenvalue weighted by atomic mass is 10.1. The molecule has 0 heterocycles. The van der Waals surface area contributed by atoms with Crippen molar-refractivity contribution in [3.05, 3.63) is 39.9 Å². The van der Waals surface area contributed by atoms with Crippen LogP contribution in [0.15, 0.2) is 24.3 Å². The molecule has 0 aliphatic carbocycles. The number of halogens is 1. The molecule has 0 bridgehead atoms. The molecule has 25 heavy (non-hydrogen) atoms. The molecule has 1 rings (SSSR count). The molecule has 0 aliphatic rings. The summed E-state index contributed by atoms with van der Waals surface area (Å²) in [6, 6.07) is 5.89. The molecule has 140 valence electrons. The molecule has 2 amide bonds. The van der Waals surface area contributed by atoms with Crippen molar-refractivity contribution in [2.75, 3.05) is 0 Å². The lowest BCUT2D eigenvalue weighted by molar-refractivity contribution is -0.385. The molecule has 0 radical (unpaired) electrons. The van der Waals surface area contributed by atoms with Gasteiger partial charge in [-0.3, -0.25) is 14.9 Å². The smallest absolute Gasteiger partial charge is 0.312 e. The number of nitrogens with one attached hydrogen (secondary N) is 1. The highest BCUT2D eigenvalue weighted by atomic mass is 35.5. The standard InChI is InChI=1S/C9H20N2O.C8H6ClNO3/c1-3-5-6-7-8(4-2)11-9(10)12;9-8(11)5-6-3-1-2-4-7(6)10(12)13/h8H,3-7H2,1-2H3,(H3,10,11,12);1-4H,5H2. The fourth-order valence-corrected chi connectivity index (χ4v) is 2.35. The van der Waals surface area contributed by atoms with Gasteiger partial charge in [0.1, 0.15) is 0 Å². The molecular formula is C17H26ClN3O4. The highest BCUT2D eigenvalue weighted by molar-refractivity contribution is 6.63. The largest absolute Gasteiger partial charge is 0.352 e. The third-order valence-corrected chi connectivity index (χ3v) is 3.65. The van der Waals surface area contributed by atoms with Crippen LogP contribution in [0.1, 0.15) is 51.5 Å². The molecule has 0 fully saturated rings. The summed E-state index contributed by atoms with van der Waals surface area (Å²) < 4.78 is 0. The molecule has 0 spiro atoms. The van der Waals surface area contributed by atoms with Crippen LogP contribution >= 0.6 is 11.6 Å². The first-order chi connectivity index (χ1) is 11.8. The Hall–Kier alpha value is -2.15. The molecule has 3 N–H and O–H groups in total. The predicted octanol–water partition coefficient (Wildman–Crippen LogP) is 3.92. The van der Waals surface area contributed by atoms with Gasteiger partial charge in [0.15, 0.2) is 0 Å². The van der Waals surface area contributed by atoms with Crippen LogP contribution in [0, 0.1) is 10.1 Å². The normalized spacial score (nSPS) is 11.0. The van der Waals surface area contributed by atoms with E-state index in [9.17, 15) is 19.7 Å². The number of urea groups is 1. The lowest BCUT2D eigenvalue weighted by Gasteiger charge is -2.14. The van der Waals surface area contributed by atoms with Crippen LogP contribution in [0.4, 0.5) is 10.5 Å². The molecule has 0 aliphatic heterocycles. The number of nitrogens with zero attached hydrogens (tertiary/aromatic N) is 1. The number of unbranched alkanes of at least 4 members (excludes halogenated alkanes) is 2. The van der Waals surface area contributed by atoms with E-state index >= 15 is 0 Å². The molecule has 0 saturated carbocycles. The number of hydrogen-bond donors (Lipinski definition) is 2. The van der Waals surface area contributed by atoms with Gasteiger partial charge >= 0.3 is 6.03 Å². The van der Waals surface area contributed by atoms with E-state index in [1.807, 2.05) is 0 Å². The zero-order valence-electron chi connectivity index (χ0n) is 14.7. The number of nitrogens with two attached hydrogens (primary N) is 1. The molecule has 1 unspecified atom stereocenters. The van der Waals surface area contributed by atoms with Gasteiger partial charge in [-0.1, -0.05) is 51.3 Å². The number of benzene rings is 1. The van der Waals surface area contributed by atoms with Gasteiger partial charge in [0.25, 0.3) is 5.69 Å². The Bertz CT molecular complexity index is 567. The number of nitro benzene ring substituents is 1. The number of primary amides is 1. The van der Waals surface area contributed by atoms with Crippen LogP contribution < -0.4 is 11.1 Å². The Labute approximate surface area is 153 Å². The first kappa shape index (κ1) is 22.9. The first-order valence-corrected chi connectivity index (χ1v) is 8.66. The van der Waals surface area contributed by atoms with Crippen LogP contribution in [0.3, 0.4) is 0 Å². The van der Waals surface area contributed by atoms with Gasteiger partial charge in [0.2, 0.25) is 5.24 Å². The molecule has 8 heteroatoms. The average molecular weight is 372 g/mol. The van der Waals surface area contributed by atoms with Crippen molar-refractivity contribution in [3.63, 3.8) is 0 Å². The van der Waals surface area contributed by atoms with E-state index in [0.29, 0.717) is 5.56 Å². The molecule has 1 aromatic carbocycles. The Morgan fingerprint density at radius 2 is 1.92 bits per heavy atom. The van der Waals surface area contributed by atoms with E-state index in [2.05, 4.69) is 19.2 Å². The van der Waals surface area contributed by atoms with Gasteiger partial charge in [0.05, 0.1) is 11.3 Å². The summed E-state index contributed by atoms with van der Waals surface area (Å²) in [6.45, 7) is 4.23. The lowest BCUT2D eigenvalue weighted by Crippen LogP contribution is -2.38. The van der Waals surface area contributed by atoms with Crippen molar-refractivity contribution in [2.24, 2.45) is 5.73 Å². The van der Waals surface area contributed by atoms with Gasteiger partial charge in [-0.15, -0.1) is 0 Å². The van der Waals surface area contributed by atoms with Gasteiger partial charge in [-0.25, -0.2) is 4.79 Å². The maximum absolute atomic E-state index is 10.5. The minimum atomic E-state index is -0.602. The summed E-state index contributed by atoms with van der Waals surface area (Å²) in [4.78, 5) is 31.0. The van der Waals surface area contributed by atoms with E-state index in [-0.39, 0.29) is 18.2 Å². The second-order valence-corrected chi connectivity index (χ2v) is 5.95. The van der Waals surface area contributed by atoms with E-state index < -0.39 is 16.2 Å². The third kappa shape index (κ3) is 11.1.